The average molecular weight is 491 g/mol. The molecule has 144 valence electrons. The molecule has 0 bridgehead atoms. The van der Waals surface area contributed by atoms with E-state index in [0.717, 1.165) is 23.4 Å². The van der Waals surface area contributed by atoms with Crippen molar-refractivity contribution in [3.8, 4) is 10.0 Å². The van der Waals surface area contributed by atoms with Gasteiger partial charge in [-0.1, -0.05) is 18.2 Å². The second-order valence-corrected chi connectivity index (χ2v) is 6.49. The van der Waals surface area contributed by atoms with Crippen molar-refractivity contribution in [2.75, 3.05) is 25.1 Å². The van der Waals surface area contributed by atoms with Crippen LogP contribution in [0.3, 0.4) is 0 Å². The summed E-state index contributed by atoms with van der Waals surface area (Å²) >= 11 is 1.88. The highest BCUT2D eigenvalue weighted by molar-refractivity contribution is 14.1. The maximum Gasteiger partial charge on any atom is 0.169 e. The molecule has 0 radical (unpaired) electrons. The van der Waals surface area contributed by atoms with E-state index in [4.69, 9.17) is 14.4 Å². The van der Waals surface area contributed by atoms with Gasteiger partial charge >= 0.3 is 0 Å². The molecule has 0 N–H and O–H groups in total. The van der Waals surface area contributed by atoms with Gasteiger partial charge in [-0.15, -0.1) is 0 Å². The van der Waals surface area contributed by atoms with Gasteiger partial charge in [0.2, 0.25) is 0 Å². The van der Waals surface area contributed by atoms with Gasteiger partial charge in [0.15, 0.2) is 24.0 Å². The Morgan fingerprint density at radius 2 is 1.96 bits per heavy atom. The van der Waals surface area contributed by atoms with Crippen molar-refractivity contribution >= 4 is 51.5 Å². The van der Waals surface area contributed by atoms with Crippen LogP contribution in [0.4, 0.5) is 5.69 Å². The predicted molar refractivity (Wildman–Crippen MR) is 115 cm³/mol. The number of hydrogen-bond acceptors (Lipinski definition) is 6. The molecule has 2 aromatic heterocycles. The number of halogens is 1. The molecule has 3 rings (SSSR count). The van der Waals surface area contributed by atoms with Crippen LogP contribution >= 0.6 is 22.6 Å². The fraction of sp³-hybridized carbons (Fsp3) is 0.250. The van der Waals surface area contributed by atoms with Crippen molar-refractivity contribution in [1.29, 1.82) is 0 Å². The van der Waals surface area contributed by atoms with Gasteiger partial charge < -0.3 is 4.90 Å². The van der Waals surface area contributed by atoms with Gasteiger partial charge in [-0.05, 0) is 28.9 Å². The molecule has 8 heteroatoms. The van der Waals surface area contributed by atoms with Gasteiger partial charge in [0.25, 0.3) is 0 Å². The number of aryl methyl sites for hydroxylation is 1. The molecule has 7 nitrogen and oxygen atoms in total. The lowest BCUT2D eigenvalue weighted by atomic mass is 10.1. The Hall–Kier alpha value is -2.64. The van der Waals surface area contributed by atoms with Crippen LogP contribution in [-0.2, 0) is 16.3 Å². The van der Waals surface area contributed by atoms with Gasteiger partial charge in [0, 0.05) is 57.8 Å². The van der Waals surface area contributed by atoms with Crippen LogP contribution in [0.25, 0.3) is 23.2 Å². The van der Waals surface area contributed by atoms with Crippen LogP contribution in [0.5, 0.6) is 0 Å². The Kier molecular flexibility index (Phi) is 7.22. The van der Waals surface area contributed by atoms with E-state index in [1.54, 1.807) is 0 Å². The summed E-state index contributed by atoms with van der Waals surface area (Å²) in [5.41, 5.74) is 4.38. The second-order valence-electron chi connectivity index (χ2n) is 5.95. The Bertz CT molecular complexity index is 1010. The SMILES string of the molecule is CC[n+]1ccc(/C=C/c2ccc(N(C)CCOOC#CI)c3nonc23)cc1. The van der Waals surface area contributed by atoms with E-state index in [1.807, 2.05) is 58.8 Å². The quantitative estimate of drug-likeness (QED) is 0.120. The van der Waals surface area contributed by atoms with Crippen LogP contribution in [0.15, 0.2) is 41.3 Å². The number of nitrogens with zero attached hydrogens (tertiary/aromatic N) is 4. The molecule has 0 aliphatic heterocycles. The second kappa shape index (κ2) is 10.1. The molecule has 28 heavy (non-hydrogen) atoms. The van der Waals surface area contributed by atoms with Crippen molar-refractivity contribution in [2.24, 2.45) is 0 Å². The molecule has 0 aliphatic rings. The third-order valence-corrected chi connectivity index (χ3v) is 4.44. The smallest absolute Gasteiger partial charge is 0.169 e. The Labute approximate surface area is 177 Å². The highest BCUT2D eigenvalue weighted by atomic mass is 127. The number of hydrogen-bond donors (Lipinski definition) is 0. The van der Waals surface area contributed by atoms with E-state index in [1.165, 1.54) is 0 Å². The first-order valence-electron chi connectivity index (χ1n) is 8.75. The largest absolute Gasteiger partial charge is 0.370 e. The minimum atomic E-state index is 0.363. The molecule has 0 fully saturated rings. The number of benzene rings is 1. The van der Waals surface area contributed by atoms with E-state index in [9.17, 15) is 0 Å². The summed E-state index contributed by atoms with van der Waals surface area (Å²) in [6.45, 7) is 4.02. The first-order chi connectivity index (χ1) is 13.7. The van der Waals surface area contributed by atoms with Crippen molar-refractivity contribution in [3.63, 3.8) is 0 Å². The summed E-state index contributed by atoms with van der Waals surface area (Å²) in [7, 11) is 1.94. The highest BCUT2D eigenvalue weighted by Crippen LogP contribution is 2.27. The van der Waals surface area contributed by atoms with E-state index in [0.29, 0.717) is 24.2 Å². The number of aromatic nitrogens is 3. The molecule has 3 aromatic rings. The maximum absolute atomic E-state index is 5.00. The van der Waals surface area contributed by atoms with Gasteiger partial charge in [-0.3, -0.25) is 4.89 Å². The van der Waals surface area contributed by atoms with E-state index in [-0.39, 0.29) is 0 Å². The summed E-state index contributed by atoms with van der Waals surface area (Å²) in [6.07, 6.45) is 10.6. The monoisotopic (exact) mass is 491 g/mol. The van der Waals surface area contributed by atoms with Crippen molar-refractivity contribution in [3.05, 3.63) is 47.8 Å². The lowest BCUT2D eigenvalue weighted by Gasteiger charge is -2.18. The predicted octanol–water partition coefficient (Wildman–Crippen LogP) is 3.44. The molecule has 1 aromatic carbocycles. The van der Waals surface area contributed by atoms with Crippen LogP contribution in [0.1, 0.15) is 18.1 Å². The average Bonchev–Trinajstić information content (AvgIpc) is 3.22. The highest BCUT2D eigenvalue weighted by Gasteiger charge is 2.13. The third kappa shape index (κ3) is 4.99. The van der Waals surface area contributed by atoms with Crippen LogP contribution in [-0.4, -0.2) is 30.5 Å². The number of fused-ring (bicyclic) bond motifs is 1. The molecule has 0 unspecified atom stereocenters. The van der Waals surface area contributed by atoms with Crippen molar-refractivity contribution in [1.82, 2.24) is 10.3 Å². The standard InChI is InChI=1S/C20H20IN4O3/c1-3-25-11-8-16(9-12-25)4-5-17-6-7-18(20-19(17)22-28-23-20)24(2)13-15-27-26-14-10-21/h4-9,11-12H,3,13,15H2,1-2H3/q+1. The summed E-state index contributed by atoms with van der Waals surface area (Å²) in [4.78, 5) is 11.7. The molecular weight excluding hydrogens is 471 g/mol. The zero-order valence-corrected chi connectivity index (χ0v) is 17.8. The first-order valence-corrected chi connectivity index (χ1v) is 9.83. The Morgan fingerprint density at radius 3 is 2.71 bits per heavy atom. The molecule has 0 spiro atoms. The molecule has 2 heterocycles. The normalized spacial score (nSPS) is 10.8. The zero-order valence-electron chi connectivity index (χ0n) is 15.6. The van der Waals surface area contributed by atoms with Gasteiger partial charge in [-0.2, -0.15) is 4.89 Å². The minimum Gasteiger partial charge on any atom is -0.370 e. The van der Waals surface area contributed by atoms with E-state index < -0.39 is 0 Å². The van der Waals surface area contributed by atoms with Crippen LogP contribution < -0.4 is 9.47 Å². The van der Waals surface area contributed by atoms with Gasteiger partial charge in [0.05, 0.1) is 5.69 Å². The van der Waals surface area contributed by atoms with Crippen molar-refractivity contribution < 1.29 is 19.0 Å². The number of likely N-dealkylation sites (N-methyl/N-ethyl adjacent to an activating group) is 1. The molecule has 0 aliphatic carbocycles. The fourth-order valence-electron chi connectivity index (χ4n) is 2.67. The fourth-order valence-corrected chi connectivity index (χ4v) is 2.76. The molecule has 0 saturated heterocycles. The van der Waals surface area contributed by atoms with Crippen LogP contribution in [0.2, 0.25) is 0 Å². The molecule has 0 atom stereocenters. The summed E-state index contributed by atoms with van der Waals surface area (Å²) < 4.78 is 9.68. The lowest BCUT2D eigenvalue weighted by Crippen LogP contribution is -2.30. The molecule has 0 saturated carbocycles. The number of rotatable bonds is 8. The zero-order chi connectivity index (χ0) is 19.8. The third-order valence-electron chi connectivity index (χ3n) is 4.22. The Morgan fingerprint density at radius 1 is 1.18 bits per heavy atom. The van der Waals surface area contributed by atoms with E-state index in [2.05, 4.69) is 56.4 Å². The first kappa shape index (κ1) is 20.1. The number of pyridine rings is 1. The summed E-state index contributed by atoms with van der Waals surface area (Å²) in [5.74, 6) is 0. The summed E-state index contributed by atoms with van der Waals surface area (Å²) in [5, 5.41) is 8.15. The lowest BCUT2D eigenvalue weighted by molar-refractivity contribution is -0.693. The van der Waals surface area contributed by atoms with E-state index >= 15 is 0 Å². The Balaban J connectivity index is 1.75. The summed E-state index contributed by atoms with van der Waals surface area (Å²) in [6, 6.07) is 8.15. The molecule has 0 amide bonds. The number of anilines is 1. The van der Waals surface area contributed by atoms with Crippen LogP contribution in [0, 0.1) is 10.0 Å². The maximum atomic E-state index is 5.00. The molecular formula is C20H20IN4O3+. The minimum absolute atomic E-state index is 0.363. The topological polar surface area (TPSA) is 64.5 Å². The van der Waals surface area contributed by atoms with Gasteiger partial charge in [-0.25, -0.2) is 9.20 Å². The van der Waals surface area contributed by atoms with Crippen molar-refractivity contribution in [2.45, 2.75) is 13.5 Å². The van der Waals surface area contributed by atoms with Gasteiger partial charge in [0.1, 0.15) is 18.7 Å².